The van der Waals surface area contributed by atoms with E-state index in [4.69, 9.17) is 5.26 Å². The van der Waals surface area contributed by atoms with Gasteiger partial charge in [-0.1, -0.05) is 36.4 Å². The molecule has 1 saturated heterocycles. The van der Waals surface area contributed by atoms with Crippen LogP contribution in [0.1, 0.15) is 22.7 Å². The van der Waals surface area contributed by atoms with Crippen LogP contribution in [0.5, 0.6) is 0 Å². The predicted octanol–water partition coefficient (Wildman–Crippen LogP) is 2.73. The number of nitriles is 1. The summed E-state index contributed by atoms with van der Waals surface area (Å²) in [6.45, 7) is 0. The number of carbonyl (C=O) groups excluding carboxylic acids is 2. The molecule has 6 heteroatoms. The highest BCUT2D eigenvalue weighted by atomic mass is 32.2. The van der Waals surface area contributed by atoms with Gasteiger partial charge in [0.05, 0.1) is 11.6 Å². The van der Waals surface area contributed by atoms with E-state index in [1.54, 1.807) is 18.2 Å². The maximum absolute atomic E-state index is 11.9. The van der Waals surface area contributed by atoms with Crippen LogP contribution >= 0.6 is 11.8 Å². The van der Waals surface area contributed by atoms with E-state index in [1.807, 2.05) is 30.3 Å². The summed E-state index contributed by atoms with van der Waals surface area (Å²) < 4.78 is 0. The summed E-state index contributed by atoms with van der Waals surface area (Å²) in [4.78, 5) is 24.1. The summed E-state index contributed by atoms with van der Waals surface area (Å²) in [5.41, 5.74) is 2.37. The molecule has 2 aromatic carbocycles. The van der Waals surface area contributed by atoms with Crippen molar-refractivity contribution in [2.75, 3.05) is 0 Å². The molecule has 5 nitrogen and oxygen atoms in total. The third-order valence-corrected chi connectivity index (χ3v) is 4.61. The standard InChI is InChI=1S/C17H13N3O2S/c18-9-12-6-7-13(15-16(21)20-17(22)19-15)14(8-12)23-10-11-4-2-1-3-5-11/h1-8,15H,10H2,(H2,19,20,21,22). The number of amides is 3. The molecule has 0 saturated carbocycles. The van der Waals surface area contributed by atoms with Crippen LogP contribution in [0.2, 0.25) is 0 Å². The first-order chi connectivity index (χ1) is 11.2. The topological polar surface area (TPSA) is 82.0 Å². The lowest BCUT2D eigenvalue weighted by Gasteiger charge is -2.14. The van der Waals surface area contributed by atoms with Gasteiger partial charge in [-0.05, 0) is 23.3 Å². The molecule has 3 amide bonds. The summed E-state index contributed by atoms with van der Waals surface area (Å²) in [7, 11) is 0. The number of hydrogen-bond acceptors (Lipinski definition) is 4. The van der Waals surface area contributed by atoms with Crippen LogP contribution in [0, 0.1) is 11.3 Å². The van der Waals surface area contributed by atoms with E-state index in [1.165, 1.54) is 11.8 Å². The molecular formula is C17H13N3O2S. The number of nitrogens with zero attached hydrogens (tertiary/aromatic N) is 1. The minimum absolute atomic E-state index is 0.374. The monoisotopic (exact) mass is 323 g/mol. The van der Waals surface area contributed by atoms with Crippen LogP contribution in [-0.2, 0) is 10.5 Å². The van der Waals surface area contributed by atoms with Gasteiger partial charge in [-0.3, -0.25) is 10.1 Å². The summed E-state index contributed by atoms with van der Waals surface area (Å²) in [6, 6.07) is 15.9. The van der Waals surface area contributed by atoms with Crippen molar-refractivity contribution in [2.45, 2.75) is 16.7 Å². The van der Waals surface area contributed by atoms with Crippen LogP contribution in [0.15, 0.2) is 53.4 Å². The van der Waals surface area contributed by atoms with E-state index in [9.17, 15) is 9.59 Å². The zero-order valence-electron chi connectivity index (χ0n) is 12.1. The first-order valence-corrected chi connectivity index (χ1v) is 7.98. The maximum atomic E-state index is 11.9. The van der Waals surface area contributed by atoms with Gasteiger partial charge in [0.25, 0.3) is 5.91 Å². The molecular weight excluding hydrogens is 310 g/mol. The molecule has 3 rings (SSSR count). The van der Waals surface area contributed by atoms with Gasteiger partial charge in [-0.15, -0.1) is 11.8 Å². The van der Waals surface area contributed by atoms with Crippen molar-refractivity contribution in [1.82, 2.24) is 10.6 Å². The van der Waals surface area contributed by atoms with E-state index in [2.05, 4.69) is 16.7 Å². The van der Waals surface area contributed by atoms with Crippen molar-refractivity contribution in [2.24, 2.45) is 0 Å². The molecule has 2 N–H and O–H groups in total. The molecule has 1 aliphatic heterocycles. The van der Waals surface area contributed by atoms with Crippen LogP contribution < -0.4 is 10.6 Å². The lowest BCUT2D eigenvalue weighted by molar-refractivity contribution is -0.120. The average Bonchev–Trinajstić information content (AvgIpc) is 2.92. The Morgan fingerprint density at radius 2 is 1.91 bits per heavy atom. The Kier molecular flexibility index (Phi) is 4.31. The largest absolute Gasteiger partial charge is 0.322 e. The Balaban J connectivity index is 1.89. The summed E-state index contributed by atoms with van der Waals surface area (Å²) >= 11 is 1.54. The minimum atomic E-state index is -0.714. The van der Waals surface area contributed by atoms with E-state index >= 15 is 0 Å². The number of urea groups is 1. The van der Waals surface area contributed by atoms with Gasteiger partial charge in [-0.25, -0.2) is 4.79 Å². The second-order valence-electron chi connectivity index (χ2n) is 5.03. The van der Waals surface area contributed by atoms with Gasteiger partial charge in [0, 0.05) is 10.6 Å². The summed E-state index contributed by atoms with van der Waals surface area (Å²) in [5.74, 6) is 0.339. The molecule has 0 aromatic heterocycles. The molecule has 0 radical (unpaired) electrons. The van der Waals surface area contributed by atoms with Crippen molar-refractivity contribution in [3.8, 4) is 6.07 Å². The quantitative estimate of drug-likeness (QED) is 0.669. The molecule has 1 unspecified atom stereocenters. The zero-order chi connectivity index (χ0) is 16.2. The highest BCUT2D eigenvalue weighted by Crippen LogP contribution is 2.32. The van der Waals surface area contributed by atoms with Crippen molar-refractivity contribution in [3.05, 3.63) is 65.2 Å². The van der Waals surface area contributed by atoms with E-state index in [-0.39, 0.29) is 5.91 Å². The Hall–Kier alpha value is -2.78. The Morgan fingerprint density at radius 1 is 1.13 bits per heavy atom. The third-order valence-electron chi connectivity index (χ3n) is 3.47. The van der Waals surface area contributed by atoms with Gasteiger partial charge in [0.1, 0.15) is 6.04 Å². The van der Waals surface area contributed by atoms with Gasteiger partial charge in [0.2, 0.25) is 0 Å². The molecule has 0 bridgehead atoms. The number of hydrogen-bond donors (Lipinski definition) is 2. The first-order valence-electron chi connectivity index (χ1n) is 6.99. The van der Waals surface area contributed by atoms with Crippen molar-refractivity contribution < 1.29 is 9.59 Å². The van der Waals surface area contributed by atoms with Crippen LogP contribution in [0.25, 0.3) is 0 Å². The second-order valence-corrected chi connectivity index (χ2v) is 6.05. The maximum Gasteiger partial charge on any atom is 0.322 e. The molecule has 2 aromatic rings. The molecule has 1 atom stereocenters. The smallest absolute Gasteiger partial charge is 0.322 e. The van der Waals surface area contributed by atoms with Crippen LogP contribution in [0.4, 0.5) is 4.79 Å². The van der Waals surface area contributed by atoms with Crippen LogP contribution in [0.3, 0.4) is 0 Å². The first kappa shape index (κ1) is 15.1. The average molecular weight is 323 g/mol. The van der Waals surface area contributed by atoms with Crippen LogP contribution in [-0.4, -0.2) is 11.9 Å². The number of benzene rings is 2. The summed E-state index contributed by atoms with van der Waals surface area (Å²) in [5, 5.41) is 13.9. The fourth-order valence-corrected chi connectivity index (χ4v) is 3.42. The Morgan fingerprint density at radius 3 is 2.57 bits per heavy atom. The lowest BCUT2D eigenvalue weighted by atomic mass is 10.1. The Labute approximate surface area is 137 Å². The van der Waals surface area contributed by atoms with Gasteiger partial charge in [-0.2, -0.15) is 5.26 Å². The number of imide groups is 1. The van der Waals surface area contributed by atoms with Gasteiger partial charge < -0.3 is 5.32 Å². The number of nitrogens with one attached hydrogen (secondary N) is 2. The zero-order valence-corrected chi connectivity index (χ0v) is 12.9. The lowest BCUT2D eigenvalue weighted by Crippen LogP contribution is -2.22. The summed E-state index contributed by atoms with van der Waals surface area (Å²) in [6.07, 6.45) is 0. The van der Waals surface area contributed by atoms with Gasteiger partial charge in [0.15, 0.2) is 0 Å². The van der Waals surface area contributed by atoms with Crippen molar-refractivity contribution in [1.29, 1.82) is 5.26 Å². The minimum Gasteiger partial charge on any atom is -0.322 e. The highest BCUT2D eigenvalue weighted by Gasteiger charge is 2.32. The van der Waals surface area contributed by atoms with Gasteiger partial charge >= 0.3 is 6.03 Å². The molecule has 1 heterocycles. The fraction of sp³-hybridized carbons (Fsp3) is 0.118. The fourth-order valence-electron chi connectivity index (χ4n) is 2.34. The number of rotatable bonds is 4. The highest BCUT2D eigenvalue weighted by molar-refractivity contribution is 7.98. The van der Waals surface area contributed by atoms with Crippen molar-refractivity contribution >= 4 is 23.7 Å². The molecule has 114 valence electrons. The predicted molar refractivity (Wildman–Crippen MR) is 86.6 cm³/mol. The Bertz CT molecular complexity index is 799. The normalized spacial score (nSPS) is 16.6. The second kappa shape index (κ2) is 6.55. The van der Waals surface area contributed by atoms with E-state index < -0.39 is 12.1 Å². The molecule has 1 aliphatic rings. The van der Waals surface area contributed by atoms with E-state index in [0.29, 0.717) is 16.9 Å². The van der Waals surface area contributed by atoms with Crippen molar-refractivity contribution in [3.63, 3.8) is 0 Å². The number of carbonyl (C=O) groups is 2. The molecule has 1 fully saturated rings. The molecule has 0 spiro atoms. The molecule has 23 heavy (non-hydrogen) atoms. The molecule has 0 aliphatic carbocycles. The SMILES string of the molecule is N#Cc1ccc(C2NC(=O)NC2=O)c(SCc2ccccc2)c1. The third kappa shape index (κ3) is 3.35. The van der Waals surface area contributed by atoms with E-state index in [0.717, 1.165) is 10.5 Å². The number of thioether (sulfide) groups is 1.